The number of nitrogens with zero attached hydrogens (tertiary/aromatic N) is 2. The minimum absolute atomic E-state index is 0.213. The Kier molecular flexibility index (Phi) is 4.51. The number of nitrogens with one attached hydrogen (secondary N) is 2. The van der Waals surface area contributed by atoms with Gasteiger partial charge in [0.2, 0.25) is 0 Å². The Morgan fingerprint density at radius 3 is 2.92 bits per heavy atom. The smallest absolute Gasteiger partial charge is 0.328 e. The molecule has 0 aliphatic heterocycles. The summed E-state index contributed by atoms with van der Waals surface area (Å²) in [5.74, 6) is -1.33. The highest BCUT2D eigenvalue weighted by atomic mass is 19.1. The summed E-state index contributed by atoms with van der Waals surface area (Å²) >= 11 is 0. The van der Waals surface area contributed by atoms with Crippen molar-refractivity contribution in [3.05, 3.63) is 53.7 Å². The zero-order chi connectivity index (χ0) is 18.0. The molecule has 8 heteroatoms. The van der Waals surface area contributed by atoms with E-state index in [1.54, 1.807) is 25.5 Å². The van der Waals surface area contributed by atoms with Gasteiger partial charge in [-0.25, -0.2) is 9.18 Å². The van der Waals surface area contributed by atoms with E-state index in [9.17, 15) is 14.0 Å². The van der Waals surface area contributed by atoms with Gasteiger partial charge >= 0.3 is 5.97 Å². The maximum Gasteiger partial charge on any atom is 0.328 e. The van der Waals surface area contributed by atoms with Crippen LogP contribution in [0.1, 0.15) is 15.9 Å². The van der Waals surface area contributed by atoms with E-state index in [0.29, 0.717) is 11.1 Å². The minimum atomic E-state index is -0.873. The van der Waals surface area contributed by atoms with Gasteiger partial charge in [0.25, 0.3) is 5.91 Å². The Bertz CT molecular complexity index is 931. The number of hydrogen-bond acceptors (Lipinski definition) is 4. The number of H-pyrrole nitrogens is 1. The normalized spacial score (nSPS) is 12.1. The predicted molar refractivity (Wildman–Crippen MR) is 88.4 cm³/mol. The number of aryl methyl sites for hydroxylation is 1. The van der Waals surface area contributed by atoms with Crippen molar-refractivity contribution >= 4 is 22.8 Å². The third-order valence-electron chi connectivity index (χ3n) is 3.91. The van der Waals surface area contributed by atoms with Crippen molar-refractivity contribution in [3.8, 4) is 0 Å². The maximum absolute atomic E-state index is 13.3. The first-order valence-electron chi connectivity index (χ1n) is 7.61. The Labute approximate surface area is 142 Å². The average molecular weight is 344 g/mol. The van der Waals surface area contributed by atoms with Crippen LogP contribution in [0.3, 0.4) is 0 Å². The molecule has 7 nitrogen and oxygen atoms in total. The lowest BCUT2D eigenvalue weighted by Gasteiger charge is -2.15. The summed E-state index contributed by atoms with van der Waals surface area (Å²) in [5, 5.41) is 7.37. The zero-order valence-electron chi connectivity index (χ0n) is 13.7. The number of methoxy groups -OCH3 is 1. The van der Waals surface area contributed by atoms with E-state index in [1.165, 1.54) is 30.1 Å². The van der Waals surface area contributed by atoms with Gasteiger partial charge in [0.05, 0.1) is 18.9 Å². The molecule has 1 atom stereocenters. The summed E-state index contributed by atoms with van der Waals surface area (Å²) in [6.07, 6.45) is 4.87. The van der Waals surface area contributed by atoms with Gasteiger partial charge in [-0.2, -0.15) is 5.10 Å². The number of benzene rings is 1. The molecule has 0 aliphatic rings. The number of halogens is 1. The van der Waals surface area contributed by atoms with Gasteiger partial charge in [-0.1, -0.05) is 0 Å². The summed E-state index contributed by atoms with van der Waals surface area (Å²) in [6.45, 7) is 0. The first-order valence-corrected chi connectivity index (χ1v) is 7.61. The molecule has 0 spiro atoms. The van der Waals surface area contributed by atoms with Crippen molar-refractivity contribution < 1.29 is 18.7 Å². The van der Waals surface area contributed by atoms with E-state index in [4.69, 9.17) is 4.74 Å². The maximum atomic E-state index is 13.3. The van der Waals surface area contributed by atoms with Crippen molar-refractivity contribution in [2.24, 2.45) is 7.05 Å². The lowest BCUT2D eigenvalue weighted by Crippen LogP contribution is -2.43. The van der Waals surface area contributed by atoms with Gasteiger partial charge in [-0.05, 0) is 23.8 Å². The summed E-state index contributed by atoms with van der Waals surface area (Å²) in [5.41, 5.74) is 1.74. The van der Waals surface area contributed by atoms with E-state index in [1.807, 2.05) is 0 Å². The number of aromatic nitrogens is 3. The van der Waals surface area contributed by atoms with E-state index < -0.39 is 17.9 Å². The average Bonchev–Trinajstić information content (AvgIpc) is 3.19. The second-order valence-electron chi connectivity index (χ2n) is 5.66. The largest absolute Gasteiger partial charge is 0.467 e. The fraction of sp³-hybridized carbons (Fsp3) is 0.235. The number of ether oxygens (including phenoxy) is 1. The molecule has 0 aliphatic carbocycles. The molecule has 0 unspecified atom stereocenters. The first-order chi connectivity index (χ1) is 12.0. The Morgan fingerprint density at radius 2 is 2.24 bits per heavy atom. The van der Waals surface area contributed by atoms with Crippen molar-refractivity contribution in [2.45, 2.75) is 12.5 Å². The van der Waals surface area contributed by atoms with Crippen LogP contribution in [0.15, 0.2) is 36.8 Å². The molecule has 25 heavy (non-hydrogen) atoms. The SMILES string of the molecule is COC(=O)[C@H](Cc1c[nH]c2cc(F)ccc12)NC(=O)c1cnn(C)c1. The van der Waals surface area contributed by atoms with E-state index >= 15 is 0 Å². The first kappa shape index (κ1) is 16.7. The number of esters is 1. The van der Waals surface area contributed by atoms with Crippen molar-refractivity contribution in [1.82, 2.24) is 20.1 Å². The number of carbonyl (C=O) groups excluding carboxylic acids is 2. The van der Waals surface area contributed by atoms with Gasteiger partial charge in [0.1, 0.15) is 11.9 Å². The Hall–Kier alpha value is -3.16. The molecule has 0 bridgehead atoms. The summed E-state index contributed by atoms with van der Waals surface area (Å²) < 4.78 is 19.6. The summed E-state index contributed by atoms with van der Waals surface area (Å²) in [4.78, 5) is 27.3. The molecule has 130 valence electrons. The molecule has 2 N–H and O–H groups in total. The van der Waals surface area contributed by atoms with Crippen LogP contribution in [0, 0.1) is 5.82 Å². The molecule has 0 fully saturated rings. The number of fused-ring (bicyclic) bond motifs is 1. The van der Waals surface area contributed by atoms with E-state index in [-0.39, 0.29) is 12.2 Å². The molecule has 0 radical (unpaired) electrons. The second-order valence-corrected chi connectivity index (χ2v) is 5.66. The number of carbonyl (C=O) groups is 2. The van der Waals surface area contributed by atoms with Gasteiger partial charge in [-0.3, -0.25) is 9.48 Å². The summed E-state index contributed by atoms with van der Waals surface area (Å²) in [6, 6.07) is 3.48. The molecule has 0 saturated carbocycles. The van der Waals surface area contributed by atoms with Crippen molar-refractivity contribution in [2.75, 3.05) is 7.11 Å². The van der Waals surface area contributed by atoms with E-state index in [0.717, 1.165) is 10.9 Å². The molecule has 0 saturated heterocycles. The van der Waals surface area contributed by atoms with Crippen LogP contribution >= 0.6 is 0 Å². The molecule has 1 aromatic carbocycles. The zero-order valence-corrected chi connectivity index (χ0v) is 13.7. The van der Waals surface area contributed by atoms with E-state index in [2.05, 4.69) is 15.4 Å². The molecule has 3 rings (SSSR count). The topological polar surface area (TPSA) is 89.0 Å². The highest BCUT2D eigenvalue weighted by Gasteiger charge is 2.24. The van der Waals surface area contributed by atoms with Crippen molar-refractivity contribution in [1.29, 1.82) is 0 Å². The van der Waals surface area contributed by atoms with Gasteiger partial charge < -0.3 is 15.0 Å². The quantitative estimate of drug-likeness (QED) is 0.688. The third-order valence-corrected chi connectivity index (χ3v) is 3.91. The van der Waals surface area contributed by atoms with Crippen LogP contribution in [0.2, 0.25) is 0 Å². The highest BCUT2D eigenvalue weighted by Crippen LogP contribution is 2.21. The van der Waals surface area contributed by atoms with Crippen LogP contribution < -0.4 is 5.32 Å². The van der Waals surface area contributed by atoms with Gasteiger partial charge in [-0.15, -0.1) is 0 Å². The van der Waals surface area contributed by atoms with Crippen molar-refractivity contribution in [3.63, 3.8) is 0 Å². The van der Waals surface area contributed by atoms with Crippen LogP contribution in [-0.2, 0) is 23.0 Å². The Balaban J connectivity index is 1.83. The molecule has 2 heterocycles. The molecular weight excluding hydrogens is 327 g/mol. The number of rotatable bonds is 5. The van der Waals surface area contributed by atoms with Crippen LogP contribution in [0.5, 0.6) is 0 Å². The summed E-state index contributed by atoms with van der Waals surface area (Å²) in [7, 11) is 2.95. The number of hydrogen-bond donors (Lipinski definition) is 2. The fourth-order valence-electron chi connectivity index (χ4n) is 2.66. The monoisotopic (exact) mass is 344 g/mol. The highest BCUT2D eigenvalue weighted by molar-refractivity contribution is 5.96. The standard InChI is InChI=1S/C17H17FN4O3/c1-22-9-11(8-20-22)16(23)21-15(17(24)25-2)5-10-7-19-14-6-12(18)3-4-13(10)14/h3-4,6-9,15,19H,5H2,1-2H3,(H,21,23)/t15-/m0/s1. The lowest BCUT2D eigenvalue weighted by atomic mass is 10.0. The molecular formula is C17H17FN4O3. The van der Waals surface area contributed by atoms with Crippen LogP contribution in [0.4, 0.5) is 4.39 Å². The van der Waals surface area contributed by atoms with Crippen LogP contribution in [0.25, 0.3) is 10.9 Å². The molecule has 2 aromatic heterocycles. The minimum Gasteiger partial charge on any atom is -0.467 e. The Morgan fingerprint density at radius 1 is 1.44 bits per heavy atom. The number of amides is 1. The molecule has 3 aromatic rings. The second kappa shape index (κ2) is 6.76. The van der Waals surface area contributed by atoms with Gasteiger partial charge in [0.15, 0.2) is 0 Å². The van der Waals surface area contributed by atoms with Crippen LogP contribution in [-0.4, -0.2) is 39.8 Å². The third kappa shape index (κ3) is 3.52. The fourth-order valence-corrected chi connectivity index (χ4v) is 2.66. The van der Waals surface area contributed by atoms with Gasteiger partial charge in [0, 0.05) is 36.8 Å². The number of aromatic amines is 1. The predicted octanol–water partition coefficient (Wildman–Crippen LogP) is 1.55. The molecule has 1 amide bonds. The lowest BCUT2D eigenvalue weighted by molar-refractivity contribution is -0.142.